The van der Waals surface area contributed by atoms with Crippen LogP contribution in [0.2, 0.25) is 0 Å². The van der Waals surface area contributed by atoms with Crippen molar-refractivity contribution in [3.05, 3.63) is 97.0 Å². The van der Waals surface area contributed by atoms with Gasteiger partial charge < -0.3 is 15.4 Å². The molecule has 0 aliphatic heterocycles. The minimum absolute atomic E-state index is 0.545. The maximum absolute atomic E-state index is 5.99. The molecule has 2 aromatic heterocycles. The van der Waals surface area contributed by atoms with Crippen molar-refractivity contribution in [2.24, 2.45) is 0 Å². The third-order valence-electron chi connectivity index (χ3n) is 3.98. The van der Waals surface area contributed by atoms with Crippen LogP contribution in [0.5, 0.6) is 11.5 Å². The summed E-state index contributed by atoms with van der Waals surface area (Å²) in [6.45, 7) is 0.625. The quantitative estimate of drug-likeness (QED) is 0.477. The molecule has 28 heavy (non-hydrogen) atoms. The summed E-state index contributed by atoms with van der Waals surface area (Å²) >= 11 is 0. The van der Waals surface area contributed by atoms with E-state index in [0.717, 1.165) is 22.7 Å². The molecule has 0 fully saturated rings. The molecule has 0 atom stereocenters. The van der Waals surface area contributed by atoms with E-state index < -0.39 is 0 Å². The summed E-state index contributed by atoms with van der Waals surface area (Å²) < 4.78 is 5.99. The molecule has 4 aromatic rings. The fraction of sp³-hybridized carbons (Fsp3) is 0.0455. The van der Waals surface area contributed by atoms with E-state index in [2.05, 4.69) is 25.6 Å². The number of ether oxygens (including phenoxy) is 1. The Morgan fingerprint density at radius 2 is 1.57 bits per heavy atom. The number of rotatable bonds is 7. The topological polar surface area (TPSA) is 72.0 Å². The van der Waals surface area contributed by atoms with Crippen molar-refractivity contribution in [3.63, 3.8) is 0 Å². The molecular formula is C22H19N5O. The lowest BCUT2D eigenvalue weighted by atomic mass is 10.3. The van der Waals surface area contributed by atoms with Crippen LogP contribution >= 0.6 is 0 Å². The second kappa shape index (κ2) is 8.64. The number of benzene rings is 2. The van der Waals surface area contributed by atoms with Gasteiger partial charge in [0.25, 0.3) is 0 Å². The van der Waals surface area contributed by atoms with Crippen LogP contribution in [0.4, 0.5) is 17.5 Å². The van der Waals surface area contributed by atoms with Gasteiger partial charge in [-0.3, -0.25) is 4.98 Å². The van der Waals surface area contributed by atoms with Crippen LogP contribution < -0.4 is 15.4 Å². The second-order valence-electron chi connectivity index (χ2n) is 6.01. The van der Waals surface area contributed by atoms with Crippen LogP contribution in [0.3, 0.4) is 0 Å². The molecule has 0 spiro atoms. The smallest absolute Gasteiger partial charge is 0.224 e. The first-order chi connectivity index (χ1) is 13.9. The summed E-state index contributed by atoms with van der Waals surface area (Å²) in [5.74, 6) is 2.72. The maximum atomic E-state index is 5.99. The first-order valence-electron chi connectivity index (χ1n) is 8.91. The Kier molecular flexibility index (Phi) is 5.39. The molecule has 0 aliphatic carbocycles. The third-order valence-corrected chi connectivity index (χ3v) is 3.98. The Morgan fingerprint density at radius 1 is 0.786 bits per heavy atom. The van der Waals surface area contributed by atoms with Gasteiger partial charge >= 0.3 is 0 Å². The number of nitrogens with one attached hydrogen (secondary N) is 2. The van der Waals surface area contributed by atoms with Crippen molar-refractivity contribution in [1.29, 1.82) is 0 Å². The van der Waals surface area contributed by atoms with Gasteiger partial charge in [-0.15, -0.1) is 0 Å². The molecule has 2 N–H and O–H groups in total. The van der Waals surface area contributed by atoms with Gasteiger partial charge in [-0.1, -0.05) is 30.3 Å². The Morgan fingerprint density at radius 3 is 2.43 bits per heavy atom. The second-order valence-corrected chi connectivity index (χ2v) is 6.01. The zero-order valence-corrected chi connectivity index (χ0v) is 15.1. The number of nitrogens with zero attached hydrogens (tertiary/aromatic N) is 3. The van der Waals surface area contributed by atoms with Gasteiger partial charge in [0.1, 0.15) is 11.6 Å². The highest BCUT2D eigenvalue weighted by Crippen LogP contribution is 2.31. The van der Waals surface area contributed by atoms with E-state index in [1.54, 1.807) is 18.6 Å². The van der Waals surface area contributed by atoms with Crippen molar-refractivity contribution < 1.29 is 4.74 Å². The third kappa shape index (κ3) is 4.62. The maximum Gasteiger partial charge on any atom is 0.224 e. The van der Waals surface area contributed by atoms with Gasteiger partial charge in [0, 0.05) is 25.1 Å². The summed E-state index contributed by atoms with van der Waals surface area (Å²) in [6.07, 6.45) is 5.24. The van der Waals surface area contributed by atoms with Crippen LogP contribution in [-0.2, 0) is 6.54 Å². The molecule has 0 saturated carbocycles. The van der Waals surface area contributed by atoms with Gasteiger partial charge in [-0.2, -0.15) is 4.98 Å². The van der Waals surface area contributed by atoms with E-state index in [1.807, 2.05) is 72.8 Å². The molecule has 4 rings (SSSR count). The first-order valence-corrected chi connectivity index (χ1v) is 8.91. The van der Waals surface area contributed by atoms with Gasteiger partial charge in [0.15, 0.2) is 5.75 Å². The Balaban J connectivity index is 1.47. The summed E-state index contributed by atoms with van der Waals surface area (Å²) in [6, 6.07) is 23.1. The highest BCUT2D eigenvalue weighted by Gasteiger charge is 2.06. The van der Waals surface area contributed by atoms with Gasteiger partial charge in [0.05, 0.1) is 5.69 Å². The number of pyridine rings is 1. The largest absolute Gasteiger partial charge is 0.455 e. The average Bonchev–Trinajstić information content (AvgIpc) is 2.75. The Labute approximate surface area is 163 Å². The van der Waals surface area contributed by atoms with Crippen molar-refractivity contribution >= 4 is 17.5 Å². The molecule has 0 saturated heterocycles. The minimum atomic E-state index is 0.545. The molecule has 0 unspecified atom stereocenters. The standard InChI is InChI=1S/C22H19N5O/c1-2-6-18(7-3-1)28-20-9-5-4-8-19(20)26-21-12-15-24-22(27-21)25-16-17-10-13-23-14-11-17/h1-15H,16H2,(H2,24,25,26,27). The molecular weight excluding hydrogens is 350 g/mol. The molecule has 2 aromatic carbocycles. The number of para-hydroxylation sites is 3. The summed E-state index contributed by atoms with van der Waals surface area (Å²) in [5, 5.41) is 6.53. The van der Waals surface area contributed by atoms with Crippen molar-refractivity contribution in [2.45, 2.75) is 6.54 Å². The van der Waals surface area contributed by atoms with Gasteiger partial charge in [-0.25, -0.2) is 4.98 Å². The van der Waals surface area contributed by atoms with Gasteiger partial charge in [0.2, 0.25) is 5.95 Å². The normalized spacial score (nSPS) is 10.3. The highest BCUT2D eigenvalue weighted by atomic mass is 16.5. The lowest BCUT2D eigenvalue weighted by Crippen LogP contribution is -2.05. The molecule has 6 heteroatoms. The minimum Gasteiger partial charge on any atom is -0.455 e. The van der Waals surface area contributed by atoms with Gasteiger partial charge in [-0.05, 0) is 48.0 Å². The summed E-state index contributed by atoms with van der Waals surface area (Å²) in [4.78, 5) is 12.8. The lowest BCUT2D eigenvalue weighted by molar-refractivity contribution is 0.485. The predicted molar refractivity (Wildman–Crippen MR) is 110 cm³/mol. The molecule has 0 radical (unpaired) electrons. The highest BCUT2D eigenvalue weighted by molar-refractivity contribution is 5.65. The Hall–Kier alpha value is -3.93. The molecule has 138 valence electrons. The van der Waals surface area contributed by atoms with Crippen LogP contribution in [-0.4, -0.2) is 15.0 Å². The molecule has 0 amide bonds. The van der Waals surface area contributed by atoms with Crippen LogP contribution in [0.15, 0.2) is 91.4 Å². The SMILES string of the molecule is c1ccc(Oc2ccccc2Nc2ccnc(NCc3ccncc3)n2)cc1. The zero-order chi connectivity index (χ0) is 19.0. The number of hydrogen-bond donors (Lipinski definition) is 2. The number of aromatic nitrogens is 3. The molecule has 0 bridgehead atoms. The van der Waals surface area contributed by atoms with Crippen molar-refractivity contribution in [1.82, 2.24) is 15.0 Å². The first kappa shape index (κ1) is 17.5. The van der Waals surface area contributed by atoms with Crippen LogP contribution in [0.25, 0.3) is 0 Å². The average molecular weight is 369 g/mol. The summed E-state index contributed by atoms with van der Waals surface area (Å²) in [5.41, 5.74) is 1.93. The van der Waals surface area contributed by atoms with E-state index in [9.17, 15) is 0 Å². The van der Waals surface area contributed by atoms with E-state index in [-0.39, 0.29) is 0 Å². The van der Waals surface area contributed by atoms with E-state index in [4.69, 9.17) is 4.74 Å². The number of anilines is 3. The van der Waals surface area contributed by atoms with Crippen molar-refractivity contribution in [3.8, 4) is 11.5 Å². The lowest BCUT2D eigenvalue weighted by Gasteiger charge is -2.13. The zero-order valence-electron chi connectivity index (χ0n) is 15.1. The van der Waals surface area contributed by atoms with Crippen LogP contribution in [0, 0.1) is 0 Å². The molecule has 6 nitrogen and oxygen atoms in total. The fourth-order valence-electron chi connectivity index (χ4n) is 2.61. The fourth-order valence-corrected chi connectivity index (χ4v) is 2.61. The van der Waals surface area contributed by atoms with E-state index in [0.29, 0.717) is 18.3 Å². The van der Waals surface area contributed by atoms with E-state index in [1.165, 1.54) is 0 Å². The Bertz CT molecular complexity index is 1030. The van der Waals surface area contributed by atoms with Crippen molar-refractivity contribution in [2.75, 3.05) is 10.6 Å². The molecule has 2 heterocycles. The monoisotopic (exact) mass is 369 g/mol. The van der Waals surface area contributed by atoms with Crippen LogP contribution in [0.1, 0.15) is 5.56 Å². The number of hydrogen-bond acceptors (Lipinski definition) is 6. The summed E-state index contributed by atoms with van der Waals surface area (Å²) in [7, 11) is 0. The predicted octanol–water partition coefficient (Wildman–Crippen LogP) is 5.02. The van der Waals surface area contributed by atoms with E-state index >= 15 is 0 Å². The molecule has 0 aliphatic rings.